The maximum Gasteiger partial charge on any atom is 0.337 e. The summed E-state index contributed by atoms with van der Waals surface area (Å²) in [5.74, 6) is -2.73. The zero-order valence-corrected chi connectivity index (χ0v) is 13.9. The van der Waals surface area contributed by atoms with E-state index in [4.69, 9.17) is 5.73 Å². The molecule has 3 atom stereocenters. The van der Waals surface area contributed by atoms with Crippen molar-refractivity contribution in [2.75, 3.05) is 6.54 Å². The normalized spacial score (nSPS) is 27.8. The van der Waals surface area contributed by atoms with Crippen molar-refractivity contribution in [3.63, 3.8) is 0 Å². The van der Waals surface area contributed by atoms with E-state index in [0.717, 1.165) is 17.7 Å². The minimum Gasteiger partial charge on any atom is -0.479 e. The number of aliphatic carboxylic acids is 1. The van der Waals surface area contributed by atoms with Gasteiger partial charge in [-0.25, -0.2) is 4.79 Å². The number of ketones is 1. The molecule has 0 aromatic heterocycles. The summed E-state index contributed by atoms with van der Waals surface area (Å²) >= 11 is 0. The van der Waals surface area contributed by atoms with Gasteiger partial charge in [0, 0.05) is 13.0 Å². The lowest BCUT2D eigenvalue weighted by molar-refractivity contribution is -0.163. The lowest BCUT2D eigenvalue weighted by Gasteiger charge is -2.36. The largest absolute Gasteiger partial charge is 0.479 e. The summed E-state index contributed by atoms with van der Waals surface area (Å²) in [5.41, 5.74) is 4.00. The molecule has 2 amide bonds. The second-order valence-corrected chi connectivity index (χ2v) is 6.53. The van der Waals surface area contributed by atoms with Gasteiger partial charge in [0.05, 0.1) is 12.1 Å². The van der Waals surface area contributed by atoms with Crippen LogP contribution < -0.4 is 11.1 Å². The first-order valence-corrected chi connectivity index (χ1v) is 8.48. The van der Waals surface area contributed by atoms with E-state index in [1.165, 1.54) is 0 Å². The molecule has 3 unspecified atom stereocenters. The molecule has 2 aliphatic heterocycles. The van der Waals surface area contributed by atoms with Crippen LogP contribution in [-0.2, 0) is 19.2 Å². The second kappa shape index (κ2) is 7.29. The monoisotopic (exact) mass is 339 g/mol. The number of nitrogens with zero attached hydrogens (tertiary/aromatic N) is 1. The van der Waals surface area contributed by atoms with E-state index in [2.05, 4.69) is 5.32 Å². The molecule has 24 heavy (non-hydrogen) atoms. The van der Waals surface area contributed by atoms with Gasteiger partial charge in [0.1, 0.15) is 0 Å². The Labute approximate surface area is 140 Å². The standard InChI is InChI=1S/C16H25N3O5/c1-2-3-5-10(17)14(22)19-9-4-8-16(19,15(23)24)13(21)11-6-7-12(20)18-11/h10-11H,2-9,17H2,1H3,(H,18,20)(H,23,24). The smallest absolute Gasteiger partial charge is 0.337 e. The van der Waals surface area contributed by atoms with Crippen LogP contribution in [0, 0.1) is 0 Å². The highest BCUT2D eigenvalue weighted by Crippen LogP contribution is 2.34. The molecule has 2 rings (SSSR count). The van der Waals surface area contributed by atoms with E-state index in [0.29, 0.717) is 12.8 Å². The van der Waals surface area contributed by atoms with Crippen molar-refractivity contribution < 1.29 is 24.3 Å². The summed E-state index contributed by atoms with van der Waals surface area (Å²) in [5, 5.41) is 12.3. The molecule has 0 aromatic rings. The van der Waals surface area contributed by atoms with E-state index in [1.54, 1.807) is 0 Å². The fourth-order valence-corrected chi connectivity index (χ4v) is 3.55. The SMILES string of the molecule is CCCCC(N)C(=O)N1CCCC1(C(=O)O)C(=O)C1CCC(=O)N1. The molecule has 2 fully saturated rings. The minimum atomic E-state index is -1.91. The minimum absolute atomic E-state index is 0.0553. The van der Waals surface area contributed by atoms with Crippen molar-refractivity contribution in [1.29, 1.82) is 0 Å². The number of unbranched alkanes of at least 4 members (excludes halogenated alkanes) is 1. The number of carboxylic acid groups (broad SMARTS) is 1. The number of carbonyl (C=O) groups is 4. The Morgan fingerprint density at radius 1 is 1.46 bits per heavy atom. The van der Waals surface area contributed by atoms with Gasteiger partial charge in [-0.2, -0.15) is 0 Å². The van der Waals surface area contributed by atoms with Crippen molar-refractivity contribution in [2.24, 2.45) is 5.73 Å². The Balaban J connectivity index is 2.26. The van der Waals surface area contributed by atoms with E-state index >= 15 is 0 Å². The molecule has 4 N–H and O–H groups in total. The lowest BCUT2D eigenvalue weighted by Crippen LogP contribution is -2.64. The number of carbonyl (C=O) groups excluding carboxylic acids is 3. The number of nitrogens with two attached hydrogens (primary N) is 1. The number of nitrogens with one attached hydrogen (secondary N) is 1. The van der Waals surface area contributed by atoms with Gasteiger partial charge in [0.15, 0.2) is 5.78 Å². The van der Waals surface area contributed by atoms with E-state index < -0.39 is 35.3 Å². The summed E-state index contributed by atoms with van der Waals surface area (Å²) in [6.07, 6.45) is 3.01. The molecule has 8 heteroatoms. The van der Waals surface area contributed by atoms with Crippen LogP contribution in [0.2, 0.25) is 0 Å². The third-order valence-electron chi connectivity index (χ3n) is 4.91. The maximum absolute atomic E-state index is 12.9. The van der Waals surface area contributed by atoms with Gasteiger partial charge >= 0.3 is 5.97 Å². The molecule has 0 aliphatic carbocycles. The molecule has 2 aliphatic rings. The Kier molecular flexibility index (Phi) is 5.58. The average molecular weight is 339 g/mol. The number of Topliss-reactive ketones (excluding diaryl/α,β-unsaturated/α-hetero) is 1. The molecule has 0 spiro atoms. The first-order valence-electron chi connectivity index (χ1n) is 8.48. The van der Waals surface area contributed by atoms with Crippen LogP contribution in [0.25, 0.3) is 0 Å². The van der Waals surface area contributed by atoms with Gasteiger partial charge in [-0.05, 0) is 25.7 Å². The van der Waals surface area contributed by atoms with E-state index in [9.17, 15) is 24.3 Å². The first kappa shape index (κ1) is 18.4. The predicted molar refractivity (Wildman–Crippen MR) is 85.0 cm³/mol. The van der Waals surface area contributed by atoms with E-state index in [1.807, 2.05) is 6.92 Å². The summed E-state index contributed by atoms with van der Waals surface area (Å²) in [6, 6.07) is -1.67. The number of likely N-dealkylation sites (tertiary alicyclic amines) is 1. The Morgan fingerprint density at radius 2 is 2.17 bits per heavy atom. The van der Waals surface area contributed by atoms with Gasteiger partial charge < -0.3 is 21.1 Å². The van der Waals surface area contributed by atoms with Crippen molar-refractivity contribution in [1.82, 2.24) is 10.2 Å². The summed E-state index contributed by atoms with van der Waals surface area (Å²) in [6.45, 7) is 2.16. The van der Waals surface area contributed by atoms with Crippen LogP contribution in [0.15, 0.2) is 0 Å². The van der Waals surface area contributed by atoms with Crippen LogP contribution in [0.1, 0.15) is 51.9 Å². The Bertz CT molecular complexity index is 550. The van der Waals surface area contributed by atoms with Gasteiger partial charge in [0.2, 0.25) is 17.4 Å². The van der Waals surface area contributed by atoms with Crippen LogP contribution in [0.5, 0.6) is 0 Å². The highest BCUT2D eigenvalue weighted by Gasteiger charge is 2.58. The quantitative estimate of drug-likeness (QED) is 0.551. The number of carboxylic acids is 1. The summed E-state index contributed by atoms with van der Waals surface area (Å²) in [7, 11) is 0. The molecule has 0 radical (unpaired) electrons. The molecule has 0 bridgehead atoms. The van der Waals surface area contributed by atoms with Crippen LogP contribution in [-0.4, -0.2) is 57.7 Å². The van der Waals surface area contributed by atoms with Gasteiger partial charge in [-0.15, -0.1) is 0 Å². The Hall–Kier alpha value is -1.96. The molecule has 2 saturated heterocycles. The second-order valence-electron chi connectivity index (χ2n) is 6.53. The van der Waals surface area contributed by atoms with Crippen molar-refractivity contribution in [3.8, 4) is 0 Å². The van der Waals surface area contributed by atoms with Crippen LogP contribution >= 0.6 is 0 Å². The lowest BCUT2D eigenvalue weighted by atomic mass is 9.85. The molecule has 0 aromatic carbocycles. The van der Waals surface area contributed by atoms with Crippen LogP contribution in [0.3, 0.4) is 0 Å². The maximum atomic E-state index is 12.9. The topological polar surface area (TPSA) is 130 Å². The fourth-order valence-electron chi connectivity index (χ4n) is 3.55. The van der Waals surface area contributed by atoms with E-state index in [-0.39, 0.29) is 31.7 Å². The number of rotatable bonds is 7. The number of hydrogen-bond donors (Lipinski definition) is 3. The molecule has 2 heterocycles. The third-order valence-corrected chi connectivity index (χ3v) is 4.91. The highest BCUT2D eigenvalue weighted by atomic mass is 16.4. The van der Waals surface area contributed by atoms with Crippen molar-refractivity contribution >= 4 is 23.6 Å². The van der Waals surface area contributed by atoms with Gasteiger partial charge in [0.25, 0.3) is 0 Å². The highest BCUT2D eigenvalue weighted by molar-refractivity contribution is 6.14. The number of hydrogen-bond acceptors (Lipinski definition) is 5. The zero-order valence-electron chi connectivity index (χ0n) is 13.9. The molecule has 8 nitrogen and oxygen atoms in total. The molecule has 0 saturated carbocycles. The summed E-state index contributed by atoms with van der Waals surface area (Å²) in [4.78, 5) is 50.0. The third kappa shape index (κ3) is 3.15. The molecular formula is C16H25N3O5. The summed E-state index contributed by atoms with van der Waals surface area (Å²) < 4.78 is 0. The molecular weight excluding hydrogens is 314 g/mol. The fraction of sp³-hybridized carbons (Fsp3) is 0.750. The number of amides is 2. The van der Waals surface area contributed by atoms with Gasteiger partial charge in [-0.3, -0.25) is 14.4 Å². The van der Waals surface area contributed by atoms with Crippen LogP contribution in [0.4, 0.5) is 0 Å². The van der Waals surface area contributed by atoms with Gasteiger partial charge in [-0.1, -0.05) is 19.8 Å². The Morgan fingerprint density at radius 3 is 2.71 bits per heavy atom. The zero-order chi connectivity index (χ0) is 17.9. The predicted octanol–water partition coefficient (Wildman–Crippen LogP) is -0.203. The van der Waals surface area contributed by atoms with Crippen molar-refractivity contribution in [3.05, 3.63) is 0 Å². The first-order chi connectivity index (χ1) is 11.3. The van der Waals surface area contributed by atoms with Crippen molar-refractivity contribution in [2.45, 2.75) is 69.5 Å². The molecule has 134 valence electrons. The average Bonchev–Trinajstić information content (AvgIpc) is 3.18.